The Labute approximate surface area is 172 Å². The summed E-state index contributed by atoms with van der Waals surface area (Å²) in [5.74, 6) is -4.22. The molecule has 0 spiro atoms. The Kier molecular flexibility index (Phi) is 6.33. The summed E-state index contributed by atoms with van der Waals surface area (Å²) in [5, 5.41) is 11.3. The van der Waals surface area contributed by atoms with E-state index in [4.69, 9.17) is 11.1 Å². The van der Waals surface area contributed by atoms with Crippen LogP contribution in [0.3, 0.4) is 0 Å². The molecule has 0 radical (unpaired) electrons. The fourth-order valence-electron chi connectivity index (χ4n) is 3.99. The molecule has 162 valence electrons. The van der Waals surface area contributed by atoms with Gasteiger partial charge in [-0.05, 0) is 31.4 Å². The molecule has 3 rings (SSSR count). The molecule has 1 aliphatic carbocycles. The third-order valence-corrected chi connectivity index (χ3v) is 5.54. The summed E-state index contributed by atoms with van der Waals surface area (Å²) in [6, 6.07) is 5.43. The van der Waals surface area contributed by atoms with Gasteiger partial charge in [-0.3, -0.25) is 14.4 Å². The summed E-state index contributed by atoms with van der Waals surface area (Å²) in [7, 11) is 0. The second-order valence-corrected chi connectivity index (χ2v) is 7.73. The number of benzene rings is 1. The molecule has 1 aromatic rings. The molecule has 1 heterocycles. The van der Waals surface area contributed by atoms with Gasteiger partial charge in [0.05, 0.1) is 12.1 Å². The number of para-hydroxylation sites is 1. The van der Waals surface area contributed by atoms with Gasteiger partial charge in [-0.15, -0.1) is 0 Å². The first kappa shape index (κ1) is 21.7. The molecule has 0 aromatic heterocycles. The molecule has 2 fully saturated rings. The third kappa shape index (κ3) is 4.92. The molecule has 0 bridgehead atoms. The zero-order valence-electron chi connectivity index (χ0n) is 16.5. The topological polar surface area (TPSA) is 130 Å². The fourth-order valence-corrected chi connectivity index (χ4v) is 3.99. The molecule has 2 atom stereocenters. The van der Waals surface area contributed by atoms with Gasteiger partial charge < -0.3 is 21.3 Å². The number of nitrogens with zero attached hydrogens (tertiary/aromatic N) is 1. The Morgan fingerprint density at radius 1 is 1.23 bits per heavy atom. The van der Waals surface area contributed by atoms with E-state index < -0.39 is 29.8 Å². The quantitative estimate of drug-likeness (QED) is 0.438. The molecule has 3 amide bonds. The van der Waals surface area contributed by atoms with E-state index in [1.807, 2.05) is 0 Å². The molecule has 1 aliphatic heterocycles. The molecular weight excluding hydrogens is 396 g/mol. The predicted octanol–water partition coefficient (Wildman–Crippen LogP) is -0.573. The van der Waals surface area contributed by atoms with Gasteiger partial charge in [0.25, 0.3) is 5.71 Å². The van der Waals surface area contributed by atoms with Crippen LogP contribution in [0.2, 0.25) is 0 Å². The highest BCUT2D eigenvalue weighted by Crippen LogP contribution is 2.35. The van der Waals surface area contributed by atoms with Crippen molar-refractivity contribution in [3.8, 4) is 0 Å². The number of primary amides is 1. The zero-order chi connectivity index (χ0) is 21.9. The van der Waals surface area contributed by atoms with Gasteiger partial charge in [-0.2, -0.15) is 0 Å². The van der Waals surface area contributed by atoms with Crippen molar-refractivity contribution in [3.05, 3.63) is 29.8 Å². The van der Waals surface area contributed by atoms with E-state index in [0.29, 0.717) is 30.6 Å². The normalized spacial score (nSPS) is 22.5. The molecular formula is C20H26F2N5O3+. The maximum atomic E-state index is 13.4. The summed E-state index contributed by atoms with van der Waals surface area (Å²) < 4.78 is 26.7. The number of nitrogens with one attached hydrogen (secondary N) is 2. The monoisotopic (exact) mass is 422 g/mol. The highest BCUT2D eigenvalue weighted by molar-refractivity contribution is 6.43. The number of alkyl halides is 2. The SMILES string of the molecule is NC(=O)C(=[NH2+])c1ccccc1NCC(=O)N1CCC[C@H]1C(=O)NC1CCC(F)(F)C1. The van der Waals surface area contributed by atoms with Crippen molar-refractivity contribution >= 4 is 29.1 Å². The van der Waals surface area contributed by atoms with Crippen molar-refractivity contribution in [2.75, 3.05) is 18.4 Å². The molecule has 1 unspecified atom stereocenters. The summed E-state index contributed by atoms with van der Waals surface area (Å²) in [6.45, 7) is 0.297. The van der Waals surface area contributed by atoms with E-state index in [-0.39, 0.29) is 37.4 Å². The molecule has 2 aliphatic rings. The third-order valence-electron chi connectivity index (χ3n) is 5.54. The smallest absolute Gasteiger partial charge is 0.313 e. The van der Waals surface area contributed by atoms with E-state index in [1.165, 1.54) is 4.90 Å². The standard InChI is InChI=1S/C20H25F2N5O3/c21-20(22)8-7-12(10-20)26-19(30)15-6-3-9-27(15)16(28)11-25-14-5-2-1-4-13(14)17(23)18(24)29/h1-2,4-5,12,15,23,25H,3,6-11H2,(H2,24,29)(H,26,30)/p+1/t12?,15-/m0/s1. The van der Waals surface area contributed by atoms with Crippen molar-refractivity contribution in [1.29, 1.82) is 0 Å². The van der Waals surface area contributed by atoms with Gasteiger partial charge in [0.1, 0.15) is 6.04 Å². The first-order valence-corrected chi connectivity index (χ1v) is 9.91. The fraction of sp³-hybridized carbons (Fsp3) is 0.500. The van der Waals surface area contributed by atoms with Gasteiger partial charge in [0, 0.05) is 31.1 Å². The number of carbonyl (C=O) groups is 3. The summed E-state index contributed by atoms with van der Waals surface area (Å²) in [4.78, 5) is 38.1. The van der Waals surface area contributed by atoms with Gasteiger partial charge in [0.2, 0.25) is 17.7 Å². The van der Waals surface area contributed by atoms with E-state index >= 15 is 0 Å². The number of hydrogen-bond donors (Lipinski definition) is 4. The Bertz CT molecular complexity index is 861. The Morgan fingerprint density at radius 2 is 1.97 bits per heavy atom. The average molecular weight is 422 g/mol. The number of nitrogens with two attached hydrogens (primary N) is 2. The van der Waals surface area contributed by atoms with E-state index in [0.717, 1.165) is 0 Å². The average Bonchev–Trinajstić information content (AvgIpc) is 3.32. The van der Waals surface area contributed by atoms with Crippen LogP contribution in [0.5, 0.6) is 0 Å². The van der Waals surface area contributed by atoms with Crippen LogP contribution in [0.15, 0.2) is 24.3 Å². The Morgan fingerprint density at radius 3 is 2.63 bits per heavy atom. The van der Waals surface area contributed by atoms with Crippen molar-refractivity contribution in [1.82, 2.24) is 10.2 Å². The van der Waals surface area contributed by atoms with Crippen LogP contribution in [0.4, 0.5) is 14.5 Å². The molecule has 6 N–H and O–H groups in total. The summed E-state index contributed by atoms with van der Waals surface area (Å²) in [6.07, 6.45) is 0.772. The van der Waals surface area contributed by atoms with Gasteiger partial charge in [0.15, 0.2) is 0 Å². The Hall–Kier alpha value is -3.04. The minimum absolute atomic E-state index is 0.117. The number of likely N-dealkylation sites (tertiary alicyclic amines) is 1. The van der Waals surface area contributed by atoms with E-state index in [2.05, 4.69) is 10.6 Å². The lowest BCUT2D eigenvalue weighted by Gasteiger charge is -2.26. The lowest BCUT2D eigenvalue weighted by Crippen LogP contribution is -2.50. The first-order chi connectivity index (χ1) is 14.2. The van der Waals surface area contributed by atoms with Crippen LogP contribution in [0, 0.1) is 0 Å². The number of halogens is 2. The van der Waals surface area contributed by atoms with Crippen molar-refractivity contribution in [3.63, 3.8) is 0 Å². The molecule has 1 aromatic carbocycles. The lowest BCUT2D eigenvalue weighted by atomic mass is 10.1. The number of rotatable bonds is 7. The summed E-state index contributed by atoms with van der Waals surface area (Å²) in [5.41, 5.74) is 5.96. The van der Waals surface area contributed by atoms with Crippen molar-refractivity contribution in [2.24, 2.45) is 5.73 Å². The van der Waals surface area contributed by atoms with Crippen LogP contribution in [0.1, 0.15) is 37.7 Å². The Balaban J connectivity index is 1.60. The highest BCUT2D eigenvalue weighted by Gasteiger charge is 2.42. The van der Waals surface area contributed by atoms with Gasteiger partial charge in [-0.1, -0.05) is 12.1 Å². The molecule has 1 saturated heterocycles. The van der Waals surface area contributed by atoms with E-state index in [9.17, 15) is 23.2 Å². The second-order valence-electron chi connectivity index (χ2n) is 7.73. The number of amides is 3. The second kappa shape index (κ2) is 8.76. The minimum Gasteiger partial charge on any atom is -0.375 e. The molecule has 30 heavy (non-hydrogen) atoms. The van der Waals surface area contributed by atoms with Crippen molar-refractivity contribution < 1.29 is 28.6 Å². The zero-order valence-corrected chi connectivity index (χ0v) is 16.5. The van der Waals surface area contributed by atoms with Gasteiger partial charge >= 0.3 is 5.91 Å². The van der Waals surface area contributed by atoms with Crippen LogP contribution < -0.4 is 21.8 Å². The number of carbonyl (C=O) groups excluding carboxylic acids is 3. The summed E-state index contributed by atoms with van der Waals surface area (Å²) >= 11 is 0. The molecule has 10 heteroatoms. The van der Waals surface area contributed by atoms with Crippen LogP contribution >= 0.6 is 0 Å². The predicted molar refractivity (Wildman–Crippen MR) is 106 cm³/mol. The molecule has 1 saturated carbocycles. The lowest BCUT2D eigenvalue weighted by molar-refractivity contribution is -0.137. The first-order valence-electron chi connectivity index (χ1n) is 9.91. The van der Waals surface area contributed by atoms with E-state index in [1.54, 1.807) is 24.3 Å². The van der Waals surface area contributed by atoms with Crippen LogP contribution in [-0.2, 0) is 14.4 Å². The maximum absolute atomic E-state index is 13.4. The number of hydrogen-bond acceptors (Lipinski definition) is 4. The maximum Gasteiger partial charge on any atom is 0.313 e. The van der Waals surface area contributed by atoms with Crippen LogP contribution in [0.25, 0.3) is 0 Å². The molecule has 8 nitrogen and oxygen atoms in total. The number of anilines is 1. The minimum atomic E-state index is -2.75. The largest absolute Gasteiger partial charge is 0.375 e. The van der Waals surface area contributed by atoms with Gasteiger partial charge in [-0.25, -0.2) is 14.2 Å². The highest BCUT2D eigenvalue weighted by atomic mass is 19.3. The van der Waals surface area contributed by atoms with Crippen LogP contribution in [-0.4, -0.2) is 59.4 Å². The van der Waals surface area contributed by atoms with Crippen molar-refractivity contribution in [2.45, 2.75) is 50.1 Å².